The Morgan fingerprint density at radius 3 is 2.21 bits per heavy atom. The summed E-state index contributed by atoms with van der Waals surface area (Å²) in [5.74, 6) is 0.341. The van der Waals surface area contributed by atoms with E-state index in [1.165, 1.54) is 11.3 Å². The Hall–Kier alpha value is -3.42. The molecular weight excluding hydrogens is 432 g/mol. The Labute approximate surface area is 200 Å². The minimum Gasteiger partial charge on any atom is -0.484 e. The molecule has 0 spiro atoms. The molecule has 0 saturated carbocycles. The average molecular weight is 462 g/mol. The van der Waals surface area contributed by atoms with Crippen LogP contribution in [0.5, 0.6) is 5.75 Å². The number of ether oxygens (including phenoxy) is 1. The Morgan fingerprint density at radius 1 is 0.909 bits per heavy atom. The molecule has 1 heterocycles. The van der Waals surface area contributed by atoms with Crippen LogP contribution in [-0.2, 0) is 11.3 Å². The van der Waals surface area contributed by atoms with Gasteiger partial charge in [0.05, 0.1) is 26.2 Å². The van der Waals surface area contributed by atoms with Crippen LogP contribution in [-0.4, -0.2) is 43.8 Å². The van der Waals surface area contributed by atoms with Gasteiger partial charge in [-0.05, 0) is 48.6 Å². The molecule has 1 saturated heterocycles. The predicted molar refractivity (Wildman–Crippen MR) is 136 cm³/mol. The maximum atomic E-state index is 12.0. The molecule has 3 aromatic carbocycles. The van der Waals surface area contributed by atoms with Crippen molar-refractivity contribution in [3.05, 3.63) is 90.5 Å². The van der Waals surface area contributed by atoms with Gasteiger partial charge in [-0.15, -0.1) is 0 Å². The molecule has 3 N–H and O–H groups in total. The van der Waals surface area contributed by atoms with Gasteiger partial charge in [0, 0.05) is 16.9 Å². The van der Waals surface area contributed by atoms with E-state index in [4.69, 9.17) is 17.0 Å². The first-order chi connectivity index (χ1) is 16.2. The van der Waals surface area contributed by atoms with Crippen LogP contribution in [0.15, 0.2) is 84.9 Å². The van der Waals surface area contributed by atoms with E-state index >= 15 is 0 Å². The summed E-state index contributed by atoms with van der Waals surface area (Å²) in [4.78, 5) is 16.1. The van der Waals surface area contributed by atoms with Crippen molar-refractivity contribution >= 4 is 34.6 Å². The standard InChI is InChI=1S/C26H28N4O2S/c31-25(20-32-24-9-5-2-6-10-24)28-26(33)27-22-11-13-23(14-12-22)30-17-15-29(16-18-30)19-21-7-3-1-4-8-21/h1-14H,15-20H2,(H2,27,28,31,33)/p+1. The van der Waals surface area contributed by atoms with Gasteiger partial charge in [0.1, 0.15) is 12.3 Å². The van der Waals surface area contributed by atoms with E-state index in [2.05, 4.69) is 58.0 Å². The van der Waals surface area contributed by atoms with Crippen LogP contribution in [0, 0.1) is 0 Å². The largest absolute Gasteiger partial charge is 0.484 e. The van der Waals surface area contributed by atoms with E-state index in [0.717, 1.165) is 38.4 Å². The molecule has 0 unspecified atom stereocenters. The SMILES string of the molecule is O=C(COc1ccccc1)NC(=S)Nc1ccc(N2CC[NH+](Cc3ccccc3)CC2)cc1. The average Bonchev–Trinajstić information content (AvgIpc) is 2.85. The topological polar surface area (TPSA) is 58.0 Å². The molecule has 1 fully saturated rings. The molecule has 170 valence electrons. The van der Waals surface area contributed by atoms with Gasteiger partial charge < -0.3 is 19.9 Å². The number of hydrogen-bond acceptors (Lipinski definition) is 4. The van der Waals surface area contributed by atoms with Gasteiger partial charge in [-0.2, -0.15) is 0 Å². The van der Waals surface area contributed by atoms with Crippen LogP contribution in [0.1, 0.15) is 5.56 Å². The normalized spacial score (nSPS) is 13.9. The van der Waals surface area contributed by atoms with E-state index < -0.39 is 0 Å². The lowest BCUT2D eigenvalue weighted by Gasteiger charge is -2.33. The lowest BCUT2D eigenvalue weighted by molar-refractivity contribution is -0.914. The molecule has 7 heteroatoms. The maximum absolute atomic E-state index is 12.0. The highest BCUT2D eigenvalue weighted by Gasteiger charge is 2.20. The Bertz CT molecular complexity index is 1040. The fourth-order valence-electron chi connectivity index (χ4n) is 3.89. The number of rotatable bonds is 7. The number of carbonyl (C=O) groups is 1. The van der Waals surface area contributed by atoms with E-state index in [1.807, 2.05) is 30.3 Å². The first-order valence-corrected chi connectivity index (χ1v) is 11.6. The third kappa shape index (κ3) is 7.03. The summed E-state index contributed by atoms with van der Waals surface area (Å²) < 4.78 is 5.44. The van der Waals surface area contributed by atoms with E-state index in [1.54, 1.807) is 17.0 Å². The number of nitrogens with zero attached hydrogens (tertiary/aromatic N) is 1. The van der Waals surface area contributed by atoms with Crippen molar-refractivity contribution < 1.29 is 14.4 Å². The van der Waals surface area contributed by atoms with Crippen molar-refractivity contribution in [2.24, 2.45) is 0 Å². The highest BCUT2D eigenvalue weighted by molar-refractivity contribution is 7.80. The lowest BCUT2D eigenvalue weighted by Crippen LogP contribution is -3.13. The number of hydrogen-bond donors (Lipinski definition) is 3. The van der Waals surface area contributed by atoms with Gasteiger partial charge in [-0.3, -0.25) is 10.1 Å². The fraction of sp³-hybridized carbons (Fsp3) is 0.231. The molecule has 33 heavy (non-hydrogen) atoms. The lowest BCUT2D eigenvalue weighted by atomic mass is 10.2. The zero-order valence-electron chi connectivity index (χ0n) is 18.5. The summed E-state index contributed by atoms with van der Waals surface area (Å²) in [5.41, 5.74) is 3.43. The molecule has 6 nitrogen and oxygen atoms in total. The van der Waals surface area contributed by atoms with Gasteiger partial charge >= 0.3 is 0 Å². The van der Waals surface area contributed by atoms with Crippen LogP contribution in [0.25, 0.3) is 0 Å². The van der Waals surface area contributed by atoms with Crippen LogP contribution in [0.3, 0.4) is 0 Å². The number of piperazine rings is 1. The quantitative estimate of drug-likeness (QED) is 0.472. The van der Waals surface area contributed by atoms with Crippen molar-refractivity contribution in [2.45, 2.75) is 6.54 Å². The van der Waals surface area contributed by atoms with Crippen LogP contribution in [0.2, 0.25) is 0 Å². The number of nitrogens with one attached hydrogen (secondary N) is 3. The van der Waals surface area contributed by atoms with Gasteiger partial charge in [0.25, 0.3) is 5.91 Å². The zero-order chi connectivity index (χ0) is 22.9. The van der Waals surface area contributed by atoms with Crippen molar-refractivity contribution in [3.8, 4) is 5.75 Å². The number of thiocarbonyl (C=S) groups is 1. The van der Waals surface area contributed by atoms with Crippen LogP contribution < -0.4 is 25.2 Å². The second-order valence-electron chi connectivity index (χ2n) is 8.05. The number of para-hydroxylation sites is 1. The Kier molecular flexibility index (Phi) is 7.90. The zero-order valence-corrected chi connectivity index (χ0v) is 19.3. The molecule has 4 rings (SSSR count). The second-order valence-corrected chi connectivity index (χ2v) is 8.46. The molecule has 1 aliphatic heterocycles. The summed E-state index contributed by atoms with van der Waals surface area (Å²) in [6.07, 6.45) is 0. The minimum absolute atomic E-state index is 0.0942. The van der Waals surface area contributed by atoms with Gasteiger partial charge in [0.2, 0.25) is 0 Å². The maximum Gasteiger partial charge on any atom is 0.264 e. The molecule has 1 amide bonds. The van der Waals surface area contributed by atoms with Crippen molar-refractivity contribution in [2.75, 3.05) is 43.0 Å². The third-order valence-electron chi connectivity index (χ3n) is 5.62. The van der Waals surface area contributed by atoms with Crippen LogP contribution in [0.4, 0.5) is 11.4 Å². The third-order valence-corrected chi connectivity index (χ3v) is 5.83. The minimum atomic E-state index is -0.302. The highest BCUT2D eigenvalue weighted by atomic mass is 32.1. The summed E-state index contributed by atoms with van der Waals surface area (Å²) >= 11 is 5.26. The molecule has 0 radical (unpaired) electrons. The van der Waals surface area contributed by atoms with Gasteiger partial charge in [-0.25, -0.2) is 0 Å². The monoisotopic (exact) mass is 461 g/mol. The van der Waals surface area contributed by atoms with Crippen LogP contribution >= 0.6 is 12.2 Å². The van der Waals surface area contributed by atoms with Crippen molar-refractivity contribution in [1.29, 1.82) is 0 Å². The van der Waals surface area contributed by atoms with E-state index in [9.17, 15) is 4.79 Å². The summed E-state index contributed by atoms with van der Waals surface area (Å²) in [5, 5.41) is 5.95. The number of anilines is 2. The smallest absolute Gasteiger partial charge is 0.264 e. The fourth-order valence-corrected chi connectivity index (χ4v) is 4.12. The summed E-state index contributed by atoms with van der Waals surface area (Å²) in [7, 11) is 0. The summed E-state index contributed by atoms with van der Waals surface area (Å²) in [6, 6.07) is 28.0. The molecular formula is C26H29N4O2S+. The predicted octanol–water partition coefficient (Wildman–Crippen LogP) is 2.48. The van der Waals surface area contributed by atoms with Gasteiger partial charge in [-0.1, -0.05) is 48.5 Å². The molecule has 3 aromatic rings. The molecule has 0 aliphatic carbocycles. The van der Waals surface area contributed by atoms with E-state index in [-0.39, 0.29) is 17.6 Å². The molecule has 0 atom stereocenters. The Morgan fingerprint density at radius 2 is 1.55 bits per heavy atom. The van der Waals surface area contributed by atoms with Crippen molar-refractivity contribution in [1.82, 2.24) is 5.32 Å². The van der Waals surface area contributed by atoms with Crippen molar-refractivity contribution in [3.63, 3.8) is 0 Å². The van der Waals surface area contributed by atoms with Gasteiger partial charge in [0.15, 0.2) is 11.7 Å². The number of amides is 1. The first-order valence-electron chi connectivity index (χ1n) is 11.2. The number of carbonyl (C=O) groups excluding carboxylic acids is 1. The van der Waals surface area contributed by atoms with E-state index in [0.29, 0.717) is 5.75 Å². The number of quaternary nitrogens is 1. The summed E-state index contributed by atoms with van der Waals surface area (Å²) in [6.45, 7) is 5.29. The number of benzene rings is 3. The molecule has 1 aliphatic rings. The second kappa shape index (κ2) is 11.4. The first kappa shape index (κ1) is 22.8. The molecule has 0 aromatic heterocycles. The highest BCUT2D eigenvalue weighted by Crippen LogP contribution is 2.18. The molecule has 0 bridgehead atoms. The Balaban J connectivity index is 1.20.